The van der Waals surface area contributed by atoms with Crippen molar-refractivity contribution >= 4 is 40.9 Å². The van der Waals surface area contributed by atoms with E-state index in [1.165, 1.54) is 0 Å². The van der Waals surface area contributed by atoms with Crippen LogP contribution < -0.4 is 14.5 Å². The van der Waals surface area contributed by atoms with E-state index in [9.17, 15) is 14.7 Å². The molecule has 3 aliphatic heterocycles. The summed E-state index contributed by atoms with van der Waals surface area (Å²) < 4.78 is 4.50. The first-order valence-electron chi connectivity index (χ1n) is 15.6. The standard InChI is InChI=1S/C37H39N3O5S/c1-4-22-38(26-14-10-7-11-15-26)34(42)31-30-20-21-37(46-30)32(31)35(43)40(29(24-41)25-12-8-6-9-13-25)33(37)36(44)39(23-5-2)27-16-18-28(45-3)19-17-27/h4-19,29-33,41H,1-2,20-24H2,3H3/t29-,30-,31+,32+,33?,37?/m1/s1. The number of hydrogen-bond donors (Lipinski definition) is 1. The molecule has 0 radical (unpaired) electrons. The van der Waals surface area contributed by atoms with Gasteiger partial charge in [0.25, 0.3) is 5.91 Å². The lowest BCUT2D eigenvalue weighted by Crippen LogP contribution is -2.56. The lowest BCUT2D eigenvalue weighted by molar-refractivity contribution is -0.142. The van der Waals surface area contributed by atoms with E-state index in [4.69, 9.17) is 4.74 Å². The monoisotopic (exact) mass is 637 g/mol. The van der Waals surface area contributed by atoms with Crippen LogP contribution >= 0.6 is 11.8 Å². The number of amides is 3. The second-order valence-corrected chi connectivity index (χ2v) is 13.5. The van der Waals surface area contributed by atoms with Crippen LogP contribution in [0.5, 0.6) is 5.75 Å². The number of hydrogen-bond acceptors (Lipinski definition) is 6. The normalized spacial score (nSPS) is 25.1. The van der Waals surface area contributed by atoms with Crippen molar-refractivity contribution in [2.45, 2.75) is 34.9 Å². The fraction of sp³-hybridized carbons (Fsp3) is 0.324. The summed E-state index contributed by atoms with van der Waals surface area (Å²) >= 11 is 1.61. The number of likely N-dealkylation sites (tertiary alicyclic amines) is 1. The predicted octanol–water partition coefficient (Wildman–Crippen LogP) is 5.26. The van der Waals surface area contributed by atoms with Crippen molar-refractivity contribution in [3.63, 3.8) is 0 Å². The van der Waals surface area contributed by atoms with E-state index in [2.05, 4.69) is 13.2 Å². The number of nitrogens with zero attached hydrogens (tertiary/aromatic N) is 3. The summed E-state index contributed by atoms with van der Waals surface area (Å²) in [5.74, 6) is -1.38. The Balaban J connectivity index is 1.46. The summed E-state index contributed by atoms with van der Waals surface area (Å²) in [5.41, 5.74) is 2.11. The first kappa shape index (κ1) is 31.6. The Labute approximate surface area is 274 Å². The number of fused-ring (bicyclic) bond motifs is 1. The Morgan fingerprint density at radius 3 is 2.13 bits per heavy atom. The van der Waals surface area contributed by atoms with Crippen molar-refractivity contribution in [1.82, 2.24) is 4.90 Å². The van der Waals surface area contributed by atoms with Crippen LogP contribution in [0.4, 0.5) is 11.4 Å². The fourth-order valence-electron chi connectivity index (χ4n) is 7.62. The van der Waals surface area contributed by atoms with Crippen LogP contribution in [0.25, 0.3) is 0 Å². The summed E-state index contributed by atoms with van der Waals surface area (Å²) in [6, 6.07) is 24.3. The Morgan fingerprint density at radius 1 is 0.957 bits per heavy atom. The highest BCUT2D eigenvalue weighted by Gasteiger charge is 2.74. The SMILES string of the molecule is C=CCN(C(=O)C1N([C@H](CO)c2ccccc2)C(=O)[C@@H]2[C@@H](C(=O)N(CC=C)c3ccccc3)[C@H]3CCC12S3)c1ccc(OC)cc1. The Kier molecular flexibility index (Phi) is 9.06. The van der Waals surface area contributed by atoms with E-state index in [0.29, 0.717) is 30.8 Å². The van der Waals surface area contributed by atoms with Crippen LogP contribution in [0, 0.1) is 11.8 Å². The highest BCUT2D eigenvalue weighted by Crippen LogP contribution is 2.67. The maximum Gasteiger partial charge on any atom is 0.251 e. The molecule has 9 heteroatoms. The molecule has 3 fully saturated rings. The minimum absolute atomic E-state index is 0.118. The van der Waals surface area contributed by atoms with Gasteiger partial charge < -0.3 is 24.5 Å². The van der Waals surface area contributed by atoms with Gasteiger partial charge in [-0.05, 0) is 54.8 Å². The van der Waals surface area contributed by atoms with E-state index < -0.39 is 28.7 Å². The molecule has 0 aromatic heterocycles. The lowest BCUT2D eigenvalue weighted by Gasteiger charge is -2.39. The molecule has 6 rings (SSSR count). The van der Waals surface area contributed by atoms with Gasteiger partial charge in [0, 0.05) is 29.7 Å². The molecule has 0 aliphatic carbocycles. The maximum atomic E-state index is 15.0. The highest BCUT2D eigenvalue weighted by atomic mass is 32.2. The number of rotatable bonds is 12. The molecule has 3 saturated heterocycles. The smallest absolute Gasteiger partial charge is 0.251 e. The zero-order valence-corrected chi connectivity index (χ0v) is 26.7. The quantitative estimate of drug-likeness (QED) is 0.273. The largest absolute Gasteiger partial charge is 0.497 e. The number of ether oxygens (including phenoxy) is 1. The molecule has 3 aromatic carbocycles. The van der Waals surface area contributed by atoms with Crippen molar-refractivity contribution in [3.8, 4) is 5.75 Å². The molecule has 6 atom stereocenters. The number of methoxy groups -OCH3 is 1. The number of carbonyl (C=O) groups excluding carboxylic acids is 3. The molecule has 238 valence electrons. The molecule has 46 heavy (non-hydrogen) atoms. The average Bonchev–Trinajstić information content (AvgIpc) is 3.74. The summed E-state index contributed by atoms with van der Waals surface area (Å²) in [6.07, 6.45) is 4.67. The number of aliphatic hydroxyl groups is 1. The number of anilines is 2. The molecule has 3 aromatic rings. The zero-order chi connectivity index (χ0) is 32.4. The number of benzene rings is 3. The molecular formula is C37H39N3O5S. The lowest BCUT2D eigenvalue weighted by atomic mass is 9.70. The second-order valence-electron chi connectivity index (χ2n) is 11.9. The summed E-state index contributed by atoms with van der Waals surface area (Å²) in [7, 11) is 1.58. The fourth-order valence-corrected chi connectivity index (χ4v) is 9.81. The molecule has 0 saturated carbocycles. The van der Waals surface area contributed by atoms with Crippen LogP contribution in [0.15, 0.2) is 110 Å². The Morgan fingerprint density at radius 2 is 1.54 bits per heavy atom. The van der Waals surface area contributed by atoms with Crippen molar-refractivity contribution in [2.75, 3.05) is 36.6 Å². The van der Waals surface area contributed by atoms with Crippen LogP contribution in [-0.4, -0.2) is 70.6 Å². The van der Waals surface area contributed by atoms with Gasteiger partial charge in [-0.15, -0.1) is 24.9 Å². The second kappa shape index (κ2) is 13.2. The molecule has 2 unspecified atom stereocenters. The van der Waals surface area contributed by atoms with E-state index in [-0.39, 0.29) is 36.1 Å². The van der Waals surface area contributed by atoms with Crippen LogP contribution in [0.1, 0.15) is 24.4 Å². The first-order chi connectivity index (χ1) is 22.4. The first-order valence-corrected chi connectivity index (χ1v) is 16.5. The van der Waals surface area contributed by atoms with Crippen molar-refractivity contribution < 1.29 is 24.2 Å². The van der Waals surface area contributed by atoms with Crippen molar-refractivity contribution in [1.29, 1.82) is 0 Å². The van der Waals surface area contributed by atoms with Crippen LogP contribution in [0.3, 0.4) is 0 Å². The van der Waals surface area contributed by atoms with E-state index in [1.54, 1.807) is 57.9 Å². The topological polar surface area (TPSA) is 90.4 Å². The number of carbonyl (C=O) groups is 3. The van der Waals surface area contributed by atoms with Crippen LogP contribution in [0.2, 0.25) is 0 Å². The molecule has 3 aliphatic rings. The van der Waals surface area contributed by atoms with Gasteiger partial charge in [-0.25, -0.2) is 0 Å². The number of para-hydroxylation sites is 1. The maximum absolute atomic E-state index is 15.0. The van der Waals surface area contributed by atoms with Crippen molar-refractivity contribution in [3.05, 3.63) is 116 Å². The number of thioether (sulfide) groups is 1. The molecule has 2 bridgehead atoms. The highest BCUT2D eigenvalue weighted by molar-refractivity contribution is 8.02. The van der Waals surface area contributed by atoms with Crippen LogP contribution in [-0.2, 0) is 14.4 Å². The third-order valence-electron chi connectivity index (χ3n) is 9.56. The number of aliphatic hydroxyl groups excluding tert-OH is 1. The van der Waals surface area contributed by atoms with Gasteiger partial charge >= 0.3 is 0 Å². The third kappa shape index (κ3) is 5.21. The summed E-state index contributed by atoms with van der Waals surface area (Å²) in [5, 5.41) is 10.7. The van der Waals surface area contributed by atoms with Crippen molar-refractivity contribution in [2.24, 2.45) is 11.8 Å². The third-order valence-corrected chi connectivity index (χ3v) is 11.5. The molecule has 3 heterocycles. The predicted molar refractivity (Wildman–Crippen MR) is 182 cm³/mol. The zero-order valence-electron chi connectivity index (χ0n) is 25.9. The van der Waals surface area contributed by atoms with Gasteiger partial charge in [0.1, 0.15) is 11.8 Å². The molecular weight excluding hydrogens is 598 g/mol. The van der Waals surface area contributed by atoms with Gasteiger partial charge in [-0.3, -0.25) is 14.4 Å². The Bertz CT molecular complexity index is 1600. The van der Waals surface area contributed by atoms with E-state index in [0.717, 1.165) is 11.3 Å². The minimum Gasteiger partial charge on any atom is -0.497 e. The van der Waals surface area contributed by atoms with E-state index in [1.807, 2.05) is 72.8 Å². The van der Waals surface area contributed by atoms with E-state index >= 15 is 4.79 Å². The molecule has 1 spiro atoms. The minimum atomic E-state index is -0.915. The summed E-state index contributed by atoms with van der Waals surface area (Å²) in [4.78, 5) is 49.4. The average molecular weight is 638 g/mol. The molecule has 1 N–H and O–H groups in total. The van der Waals surface area contributed by atoms with Gasteiger partial charge in [0.15, 0.2) is 0 Å². The van der Waals surface area contributed by atoms with Gasteiger partial charge in [0.2, 0.25) is 11.8 Å². The van der Waals surface area contributed by atoms with Gasteiger partial charge in [0.05, 0.1) is 36.3 Å². The Hall–Kier alpha value is -4.34. The molecule has 3 amide bonds. The summed E-state index contributed by atoms with van der Waals surface area (Å²) in [6.45, 7) is 7.94. The van der Waals surface area contributed by atoms with Gasteiger partial charge in [-0.2, -0.15) is 0 Å². The van der Waals surface area contributed by atoms with Gasteiger partial charge in [-0.1, -0.05) is 60.7 Å². The molecule has 8 nitrogen and oxygen atoms in total.